The van der Waals surface area contributed by atoms with Crippen LogP contribution >= 0.6 is 0 Å². The highest BCUT2D eigenvalue weighted by atomic mass is 15.1. The van der Waals surface area contributed by atoms with E-state index in [2.05, 4.69) is 97.6 Å². The van der Waals surface area contributed by atoms with Crippen LogP contribution in [0.4, 0.5) is 17.1 Å². The molecule has 0 fully saturated rings. The minimum absolute atomic E-state index is 1.16. The summed E-state index contributed by atoms with van der Waals surface area (Å²) in [5.41, 5.74) is 6.02. The standard InChI is InChI=1S/C22H21N/c1-18(2)17-19-13-15-22(16-14-19)23(20-9-5-3-6-10-20)21-11-7-4-8-12-21/h3-17H,1-2H3. The third-order valence-electron chi connectivity index (χ3n) is 3.64. The molecule has 0 heterocycles. The van der Waals surface area contributed by atoms with E-state index in [0.29, 0.717) is 0 Å². The van der Waals surface area contributed by atoms with Crippen molar-refractivity contribution in [3.63, 3.8) is 0 Å². The van der Waals surface area contributed by atoms with Gasteiger partial charge in [0.1, 0.15) is 0 Å². The molecular weight excluding hydrogens is 278 g/mol. The first-order valence-corrected chi connectivity index (χ1v) is 7.89. The van der Waals surface area contributed by atoms with Crippen LogP contribution in [0.5, 0.6) is 0 Å². The second-order valence-electron chi connectivity index (χ2n) is 5.82. The number of nitrogens with zero attached hydrogens (tertiary/aromatic N) is 1. The van der Waals surface area contributed by atoms with Crippen molar-refractivity contribution in [2.75, 3.05) is 4.90 Å². The summed E-state index contributed by atoms with van der Waals surface area (Å²) in [7, 11) is 0. The summed E-state index contributed by atoms with van der Waals surface area (Å²) in [6.45, 7) is 4.24. The van der Waals surface area contributed by atoms with Crippen molar-refractivity contribution >= 4 is 23.1 Å². The molecule has 0 saturated carbocycles. The normalized spacial score (nSPS) is 10.2. The highest BCUT2D eigenvalue weighted by Crippen LogP contribution is 2.34. The molecule has 0 aliphatic carbocycles. The molecule has 1 nitrogen and oxygen atoms in total. The van der Waals surface area contributed by atoms with Gasteiger partial charge in [0.2, 0.25) is 0 Å². The quantitative estimate of drug-likeness (QED) is 0.526. The molecule has 0 unspecified atom stereocenters. The number of anilines is 3. The summed E-state index contributed by atoms with van der Waals surface area (Å²) in [4.78, 5) is 2.27. The second-order valence-corrected chi connectivity index (χ2v) is 5.82. The molecule has 0 radical (unpaired) electrons. The van der Waals surface area contributed by atoms with Crippen molar-refractivity contribution in [3.05, 3.63) is 96.1 Å². The number of rotatable bonds is 4. The maximum atomic E-state index is 2.27. The zero-order valence-corrected chi connectivity index (χ0v) is 13.6. The number of hydrogen-bond donors (Lipinski definition) is 0. The van der Waals surface area contributed by atoms with Crippen LogP contribution in [0.2, 0.25) is 0 Å². The Hall–Kier alpha value is -2.80. The van der Waals surface area contributed by atoms with E-state index in [4.69, 9.17) is 0 Å². The number of allylic oxidation sites excluding steroid dienone is 1. The maximum absolute atomic E-state index is 2.27. The molecule has 3 aromatic carbocycles. The highest BCUT2D eigenvalue weighted by Gasteiger charge is 2.11. The Kier molecular flexibility index (Phi) is 4.58. The van der Waals surface area contributed by atoms with Gasteiger partial charge in [-0.25, -0.2) is 0 Å². The van der Waals surface area contributed by atoms with Crippen LogP contribution in [0.25, 0.3) is 6.08 Å². The first-order valence-electron chi connectivity index (χ1n) is 7.89. The third kappa shape index (κ3) is 3.70. The zero-order chi connectivity index (χ0) is 16.1. The van der Waals surface area contributed by atoms with E-state index in [-0.39, 0.29) is 0 Å². The van der Waals surface area contributed by atoms with E-state index in [1.807, 2.05) is 12.1 Å². The van der Waals surface area contributed by atoms with Crippen molar-refractivity contribution in [2.24, 2.45) is 0 Å². The van der Waals surface area contributed by atoms with E-state index < -0.39 is 0 Å². The number of hydrogen-bond acceptors (Lipinski definition) is 1. The molecule has 23 heavy (non-hydrogen) atoms. The van der Waals surface area contributed by atoms with Gasteiger partial charge in [-0.15, -0.1) is 0 Å². The molecule has 0 bridgehead atoms. The van der Waals surface area contributed by atoms with Gasteiger partial charge in [0.05, 0.1) is 0 Å². The molecule has 0 saturated heterocycles. The summed E-state index contributed by atoms with van der Waals surface area (Å²) >= 11 is 0. The van der Waals surface area contributed by atoms with Crippen molar-refractivity contribution in [1.82, 2.24) is 0 Å². The van der Waals surface area contributed by atoms with Gasteiger partial charge in [0.15, 0.2) is 0 Å². The van der Waals surface area contributed by atoms with E-state index in [9.17, 15) is 0 Å². The molecule has 0 amide bonds. The van der Waals surface area contributed by atoms with Crippen LogP contribution in [0.15, 0.2) is 90.5 Å². The van der Waals surface area contributed by atoms with Crippen molar-refractivity contribution in [2.45, 2.75) is 13.8 Å². The predicted octanol–water partition coefficient (Wildman–Crippen LogP) is 6.58. The molecule has 1 heteroatoms. The van der Waals surface area contributed by atoms with Crippen molar-refractivity contribution < 1.29 is 0 Å². The second kappa shape index (κ2) is 6.97. The van der Waals surface area contributed by atoms with Gasteiger partial charge in [-0.3, -0.25) is 0 Å². The molecule has 0 aromatic heterocycles. The average molecular weight is 299 g/mol. The van der Waals surface area contributed by atoms with E-state index in [1.165, 1.54) is 11.1 Å². The minimum Gasteiger partial charge on any atom is -0.311 e. The smallest absolute Gasteiger partial charge is 0.0462 e. The first kappa shape index (κ1) is 15.1. The molecule has 3 aromatic rings. The fourth-order valence-electron chi connectivity index (χ4n) is 2.65. The Balaban J connectivity index is 2.04. The Morgan fingerprint density at radius 2 is 1.04 bits per heavy atom. The molecule has 114 valence electrons. The van der Waals surface area contributed by atoms with Gasteiger partial charge in [-0.2, -0.15) is 0 Å². The summed E-state index contributed by atoms with van der Waals surface area (Å²) in [5, 5.41) is 0. The fraction of sp³-hybridized carbons (Fsp3) is 0.0909. The van der Waals surface area contributed by atoms with Gasteiger partial charge >= 0.3 is 0 Å². The molecular formula is C22H21N. The summed E-state index contributed by atoms with van der Waals surface area (Å²) in [5.74, 6) is 0. The molecule has 0 N–H and O–H groups in total. The van der Waals surface area contributed by atoms with Gasteiger partial charge in [0.25, 0.3) is 0 Å². The lowest BCUT2D eigenvalue weighted by atomic mass is 10.1. The van der Waals surface area contributed by atoms with Crippen LogP contribution in [0.1, 0.15) is 19.4 Å². The summed E-state index contributed by atoms with van der Waals surface area (Å²) in [6, 6.07) is 29.6. The first-order chi connectivity index (χ1) is 11.2. The van der Waals surface area contributed by atoms with Crippen LogP contribution in [0, 0.1) is 0 Å². The van der Waals surface area contributed by atoms with Crippen molar-refractivity contribution in [1.29, 1.82) is 0 Å². The van der Waals surface area contributed by atoms with Gasteiger partial charge in [0, 0.05) is 17.1 Å². The molecule has 0 aliphatic heterocycles. The molecule has 0 atom stereocenters. The monoisotopic (exact) mass is 299 g/mol. The lowest BCUT2D eigenvalue weighted by molar-refractivity contribution is 1.28. The average Bonchev–Trinajstić information content (AvgIpc) is 2.58. The zero-order valence-electron chi connectivity index (χ0n) is 13.6. The van der Waals surface area contributed by atoms with E-state index >= 15 is 0 Å². The Labute approximate surface area is 138 Å². The maximum Gasteiger partial charge on any atom is 0.0462 e. The predicted molar refractivity (Wildman–Crippen MR) is 100 cm³/mol. The fourth-order valence-corrected chi connectivity index (χ4v) is 2.65. The lowest BCUT2D eigenvalue weighted by Gasteiger charge is -2.25. The summed E-state index contributed by atoms with van der Waals surface area (Å²) in [6.07, 6.45) is 2.19. The number of para-hydroxylation sites is 2. The molecule has 0 aliphatic rings. The van der Waals surface area contributed by atoms with Crippen molar-refractivity contribution in [3.8, 4) is 0 Å². The van der Waals surface area contributed by atoms with Gasteiger partial charge in [-0.05, 0) is 55.8 Å². The topological polar surface area (TPSA) is 3.24 Å². The highest BCUT2D eigenvalue weighted by molar-refractivity contribution is 5.76. The SMILES string of the molecule is CC(C)=Cc1ccc(N(c2ccccc2)c2ccccc2)cc1. The van der Waals surface area contributed by atoms with Crippen LogP contribution in [-0.4, -0.2) is 0 Å². The summed E-state index contributed by atoms with van der Waals surface area (Å²) < 4.78 is 0. The third-order valence-corrected chi connectivity index (χ3v) is 3.64. The van der Waals surface area contributed by atoms with Crippen LogP contribution < -0.4 is 4.90 Å². The Morgan fingerprint density at radius 3 is 1.48 bits per heavy atom. The minimum atomic E-state index is 1.16. The lowest BCUT2D eigenvalue weighted by Crippen LogP contribution is -2.09. The van der Waals surface area contributed by atoms with Gasteiger partial charge in [-0.1, -0.05) is 60.2 Å². The van der Waals surface area contributed by atoms with Crippen LogP contribution in [-0.2, 0) is 0 Å². The Morgan fingerprint density at radius 1 is 0.609 bits per heavy atom. The van der Waals surface area contributed by atoms with Crippen LogP contribution in [0.3, 0.4) is 0 Å². The number of benzene rings is 3. The molecule has 0 spiro atoms. The van der Waals surface area contributed by atoms with Gasteiger partial charge < -0.3 is 4.90 Å². The Bertz CT molecular complexity index is 728. The largest absolute Gasteiger partial charge is 0.311 e. The van der Waals surface area contributed by atoms with E-state index in [0.717, 1.165) is 17.1 Å². The molecule has 3 rings (SSSR count). The van der Waals surface area contributed by atoms with E-state index in [1.54, 1.807) is 0 Å².